The van der Waals surface area contributed by atoms with Crippen molar-refractivity contribution >= 4 is 22.8 Å². The van der Waals surface area contributed by atoms with Crippen molar-refractivity contribution < 1.29 is 0 Å². The standard InChI is InChI=1S/C14H22N4OS/c1-10(2)8-20-6-5-17-9-15-13-12(14(17)19)7-16-18(13)11(3)4/h7,9-11H,5-6,8H2,1-4H3. The molecule has 0 radical (unpaired) electrons. The number of rotatable bonds is 6. The lowest BCUT2D eigenvalue weighted by atomic mass is 10.3. The van der Waals surface area contributed by atoms with Crippen LogP contribution in [0.25, 0.3) is 11.0 Å². The summed E-state index contributed by atoms with van der Waals surface area (Å²) in [6, 6.07) is 0.205. The summed E-state index contributed by atoms with van der Waals surface area (Å²) in [5.74, 6) is 2.74. The quantitative estimate of drug-likeness (QED) is 0.768. The number of aryl methyl sites for hydroxylation is 1. The smallest absolute Gasteiger partial charge is 0.264 e. The van der Waals surface area contributed by atoms with Crippen molar-refractivity contribution in [2.24, 2.45) is 5.92 Å². The molecule has 0 unspecified atom stereocenters. The van der Waals surface area contributed by atoms with Crippen LogP contribution in [0.4, 0.5) is 0 Å². The van der Waals surface area contributed by atoms with Crippen LogP contribution in [-0.2, 0) is 6.54 Å². The average Bonchev–Trinajstić information content (AvgIpc) is 2.81. The molecule has 0 aliphatic heterocycles. The second-order valence-electron chi connectivity index (χ2n) is 5.63. The van der Waals surface area contributed by atoms with Crippen LogP contribution in [0.5, 0.6) is 0 Å². The van der Waals surface area contributed by atoms with E-state index in [0.717, 1.165) is 11.5 Å². The number of thioether (sulfide) groups is 1. The summed E-state index contributed by atoms with van der Waals surface area (Å²) in [6.07, 6.45) is 3.27. The molecule has 0 atom stereocenters. The Kier molecular flexibility index (Phi) is 4.86. The van der Waals surface area contributed by atoms with Gasteiger partial charge in [-0.1, -0.05) is 13.8 Å². The lowest BCUT2D eigenvalue weighted by molar-refractivity contribution is 0.545. The van der Waals surface area contributed by atoms with E-state index < -0.39 is 0 Å². The van der Waals surface area contributed by atoms with Crippen LogP contribution in [0.2, 0.25) is 0 Å². The Hall–Kier alpha value is -1.30. The zero-order chi connectivity index (χ0) is 14.7. The molecule has 0 saturated carbocycles. The highest BCUT2D eigenvalue weighted by atomic mass is 32.2. The van der Waals surface area contributed by atoms with Gasteiger partial charge in [0.05, 0.1) is 12.5 Å². The Morgan fingerprint density at radius 2 is 2.05 bits per heavy atom. The van der Waals surface area contributed by atoms with Gasteiger partial charge in [-0.05, 0) is 25.5 Å². The zero-order valence-corrected chi connectivity index (χ0v) is 13.4. The molecule has 0 aromatic carbocycles. The van der Waals surface area contributed by atoms with Gasteiger partial charge in [0.2, 0.25) is 0 Å². The van der Waals surface area contributed by atoms with Gasteiger partial charge in [-0.25, -0.2) is 9.67 Å². The third-order valence-electron chi connectivity index (χ3n) is 3.00. The van der Waals surface area contributed by atoms with Gasteiger partial charge in [0, 0.05) is 18.3 Å². The fourth-order valence-corrected chi connectivity index (χ4v) is 2.95. The molecule has 6 heteroatoms. The van der Waals surface area contributed by atoms with Crippen molar-refractivity contribution in [3.05, 3.63) is 22.9 Å². The Bertz CT molecular complexity index is 630. The van der Waals surface area contributed by atoms with Crippen molar-refractivity contribution in [3.63, 3.8) is 0 Å². The van der Waals surface area contributed by atoms with Crippen LogP contribution >= 0.6 is 11.8 Å². The molecule has 2 rings (SSSR count). The van der Waals surface area contributed by atoms with Gasteiger partial charge in [0.25, 0.3) is 5.56 Å². The van der Waals surface area contributed by atoms with E-state index in [-0.39, 0.29) is 11.6 Å². The predicted octanol–water partition coefficient (Wildman–Crippen LogP) is 2.56. The molecular weight excluding hydrogens is 272 g/mol. The van der Waals surface area contributed by atoms with Crippen molar-refractivity contribution in [3.8, 4) is 0 Å². The molecule has 2 aromatic rings. The van der Waals surface area contributed by atoms with Crippen LogP contribution in [0.15, 0.2) is 17.3 Å². The fraction of sp³-hybridized carbons (Fsp3) is 0.643. The second-order valence-corrected chi connectivity index (χ2v) is 6.78. The van der Waals surface area contributed by atoms with E-state index in [9.17, 15) is 4.79 Å². The van der Waals surface area contributed by atoms with Crippen molar-refractivity contribution in [2.75, 3.05) is 11.5 Å². The summed E-state index contributed by atoms with van der Waals surface area (Å²) in [7, 11) is 0. The van der Waals surface area contributed by atoms with Crippen molar-refractivity contribution in [1.29, 1.82) is 0 Å². The number of hydrogen-bond donors (Lipinski definition) is 0. The SMILES string of the molecule is CC(C)CSCCn1cnc2c(cnn2C(C)C)c1=O. The van der Waals surface area contributed by atoms with E-state index >= 15 is 0 Å². The highest BCUT2D eigenvalue weighted by Gasteiger charge is 2.11. The summed E-state index contributed by atoms with van der Waals surface area (Å²) in [5, 5.41) is 4.86. The Morgan fingerprint density at radius 3 is 2.70 bits per heavy atom. The summed E-state index contributed by atoms with van der Waals surface area (Å²) >= 11 is 1.87. The Balaban J connectivity index is 2.16. The highest BCUT2D eigenvalue weighted by molar-refractivity contribution is 7.99. The summed E-state index contributed by atoms with van der Waals surface area (Å²) < 4.78 is 3.47. The first kappa shape index (κ1) is 15.1. The normalized spacial score (nSPS) is 11.9. The third-order valence-corrected chi connectivity index (χ3v) is 4.37. The minimum absolute atomic E-state index is 0.00652. The molecule has 5 nitrogen and oxygen atoms in total. The molecule has 0 N–H and O–H groups in total. The van der Waals surface area contributed by atoms with Gasteiger partial charge in [0.1, 0.15) is 5.39 Å². The minimum Gasteiger partial charge on any atom is -0.298 e. The summed E-state index contributed by atoms with van der Waals surface area (Å²) in [4.78, 5) is 16.7. The molecule has 0 fully saturated rings. The molecule has 0 spiro atoms. The lowest BCUT2D eigenvalue weighted by Gasteiger charge is -2.08. The molecule has 0 aliphatic carbocycles. The lowest BCUT2D eigenvalue weighted by Crippen LogP contribution is -2.22. The average molecular weight is 294 g/mol. The third kappa shape index (κ3) is 3.23. The maximum atomic E-state index is 12.4. The van der Waals surface area contributed by atoms with Crippen molar-refractivity contribution in [2.45, 2.75) is 40.3 Å². The molecule has 0 bridgehead atoms. The topological polar surface area (TPSA) is 52.7 Å². The molecule has 110 valence electrons. The highest BCUT2D eigenvalue weighted by Crippen LogP contribution is 2.12. The first-order chi connectivity index (χ1) is 9.50. The van der Waals surface area contributed by atoms with E-state index in [4.69, 9.17) is 0 Å². The molecule has 0 amide bonds. The molecule has 0 saturated heterocycles. The summed E-state index contributed by atoms with van der Waals surface area (Å²) in [6.45, 7) is 9.16. The van der Waals surface area contributed by atoms with Gasteiger partial charge in [-0.15, -0.1) is 0 Å². The molecule has 20 heavy (non-hydrogen) atoms. The van der Waals surface area contributed by atoms with E-state index in [0.29, 0.717) is 23.5 Å². The monoisotopic (exact) mass is 294 g/mol. The maximum Gasteiger partial charge on any atom is 0.264 e. The summed E-state index contributed by atoms with van der Waals surface area (Å²) in [5.41, 5.74) is 0.683. The second kappa shape index (κ2) is 6.43. The van der Waals surface area contributed by atoms with Crippen LogP contribution < -0.4 is 5.56 Å². The van der Waals surface area contributed by atoms with Gasteiger partial charge >= 0.3 is 0 Å². The molecule has 2 heterocycles. The van der Waals surface area contributed by atoms with Gasteiger partial charge < -0.3 is 0 Å². The number of fused-ring (bicyclic) bond motifs is 1. The van der Waals surface area contributed by atoms with Crippen LogP contribution in [-0.4, -0.2) is 30.8 Å². The predicted molar refractivity (Wildman–Crippen MR) is 84.3 cm³/mol. The number of nitrogens with zero attached hydrogens (tertiary/aromatic N) is 4. The number of aromatic nitrogens is 4. The Morgan fingerprint density at radius 1 is 1.30 bits per heavy atom. The fourth-order valence-electron chi connectivity index (χ4n) is 1.99. The Labute approximate surface area is 123 Å². The van der Waals surface area contributed by atoms with E-state index in [2.05, 4.69) is 23.9 Å². The first-order valence-corrected chi connectivity index (χ1v) is 8.16. The van der Waals surface area contributed by atoms with Gasteiger partial charge in [0.15, 0.2) is 5.65 Å². The van der Waals surface area contributed by atoms with Gasteiger partial charge in [-0.3, -0.25) is 9.36 Å². The van der Waals surface area contributed by atoms with Crippen molar-refractivity contribution in [1.82, 2.24) is 19.3 Å². The van der Waals surface area contributed by atoms with Crippen LogP contribution in [0, 0.1) is 5.92 Å². The maximum absolute atomic E-state index is 12.4. The van der Waals surface area contributed by atoms with Gasteiger partial charge in [-0.2, -0.15) is 16.9 Å². The molecule has 2 aromatic heterocycles. The first-order valence-electron chi connectivity index (χ1n) is 7.01. The number of hydrogen-bond acceptors (Lipinski definition) is 4. The van der Waals surface area contributed by atoms with Crippen LogP contribution in [0.3, 0.4) is 0 Å². The largest absolute Gasteiger partial charge is 0.298 e. The van der Waals surface area contributed by atoms with E-state index in [1.165, 1.54) is 0 Å². The van der Waals surface area contributed by atoms with E-state index in [1.807, 2.05) is 25.6 Å². The minimum atomic E-state index is 0.00652. The van der Waals surface area contributed by atoms with E-state index in [1.54, 1.807) is 21.8 Å². The molecular formula is C14H22N4OS. The van der Waals surface area contributed by atoms with Crippen LogP contribution in [0.1, 0.15) is 33.7 Å². The molecule has 0 aliphatic rings. The zero-order valence-electron chi connectivity index (χ0n) is 12.5.